The summed E-state index contributed by atoms with van der Waals surface area (Å²) in [7, 11) is 1.81. The molecule has 1 atom stereocenters. The first kappa shape index (κ1) is 9.95. The number of nitrogens with zero attached hydrogens (tertiary/aromatic N) is 2. The van der Waals surface area contributed by atoms with Crippen LogP contribution in [0.3, 0.4) is 0 Å². The van der Waals surface area contributed by atoms with Crippen molar-refractivity contribution in [3.8, 4) is 0 Å². The van der Waals surface area contributed by atoms with Gasteiger partial charge in [0.15, 0.2) is 5.84 Å². The Morgan fingerprint density at radius 2 is 2.13 bits per heavy atom. The van der Waals surface area contributed by atoms with Crippen LogP contribution in [0.5, 0.6) is 0 Å². The molecule has 0 bridgehead atoms. The van der Waals surface area contributed by atoms with Crippen LogP contribution in [0.15, 0.2) is 35.4 Å². The Bertz CT molecular complexity index is 348. The van der Waals surface area contributed by atoms with Crippen molar-refractivity contribution in [3.63, 3.8) is 0 Å². The lowest BCUT2D eigenvalue weighted by Gasteiger charge is -2.10. The highest BCUT2D eigenvalue weighted by atomic mass is 15.8. The highest BCUT2D eigenvalue weighted by Crippen LogP contribution is 2.03. The monoisotopic (exact) mass is 205 g/mol. The normalized spacial score (nSPS) is 17.2. The number of benzene rings is 1. The summed E-state index contributed by atoms with van der Waals surface area (Å²) < 4.78 is 0. The fourth-order valence-electron chi connectivity index (χ4n) is 1.48. The lowest BCUT2D eigenvalue weighted by Crippen LogP contribution is -2.44. The van der Waals surface area contributed by atoms with E-state index < -0.39 is 0 Å². The third-order valence-corrected chi connectivity index (χ3v) is 2.25. The van der Waals surface area contributed by atoms with Gasteiger partial charge in [-0.3, -0.25) is 5.43 Å². The van der Waals surface area contributed by atoms with Gasteiger partial charge in [-0.25, -0.2) is 5.12 Å². The first-order valence-electron chi connectivity index (χ1n) is 4.89. The minimum atomic E-state index is -0.107. The smallest absolute Gasteiger partial charge is 0.156 e. The summed E-state index contributed by atoms with van der Waals surface area (Å²) in [5.74, 6) is 0.765. The molecule has 0 amide bonds. The summed E-state index contributed by atoms with van der Waals surface area (Å²) in [5.41, 5.74) is 13.0. The Hall–Kier alpha value is -1.59. The lowest BCUT2D eigenvalue weighted by molar-refractivity contribution is 0.259. The van der Waals surface area contributed by atoms with Gasteiger partial charge >= 0.3 is 0 Å². The van der Waals surface area contributed by atoms with Crippen LogP contribution in [0.25, 0.3) is 0 Å². The Morgan fingerprint density at radius 3 is 2.73 bits per heavy atom. The van der Waals surface area contributed by atoms with Crippen LogP contribution in [0.2, 0.25) is 0 Å². The average molecular weight is 205 g/mol. The molecule has 80 valence electrons. The first-order valence-corrected chi connectivity index (χ1v) is 4.89. The average Bonchev–Trinajstić information content (AvgIpc) is 2.66. The molecule has 1 aromatic rings. The third kappa shape index (κ3) is 2.45. The summed E-state index contributed by atoms with van der Waals surface area (Å²) in [4.78, 5) is 0. The number of nitrogens with one attached hydrogen (secondary N) is 2. The molecule has 0 fully saturated rings. The zero-order valence-electron chi connectivity index (χ0n) is 8.64. The van der Waals surface area contributed by atoms with Crippen molar-refractivity contribution in [2.75, 3.05) is 7.05 Å². The Morgan fingerprint density at radius 1 is 1.40 bits per heavy atom. The van der Waals surface area contributed by atoms with E-state index in [1.807, 2.05) is 25.2 Å². The summed E-state index contributed by atoms with van der Waals surface area (Å²) in [5, 5.41) is 5.78. The number of hydrogen-bond acceptors (Lipinski definition) is 5. The predicted octanol–water partition coefficient (Wildman–Crippen LogP) is -0.176. The number of rotatable bonds is 3. The maximum absolute atomic E-state index is 6.01. The molecule has 1 aliphatic heterocycles. The SMILES string of the molecule is CN1N=C([C@@H](N)Cc2ccccc2)NN1. The van der Waals surface area contributed by atoms with E-state index in [2.05, 4.69) is 28.2 Å². The van der Waals surface area contributed by atoms with Crippen molar-refractivity contribution in [2.24, 2.45) is 10.8 Å². The van der Waals surface area contributed by atoms with Gasteiger partial charge in [-0.1, -0.05) is 30.3 Å². The molecule has 5 heteroatoms. The van der Waals surface area contributed by atoms with Crippen molar-refractivity contribution in [1.29, 1.82) is 0 Å². The highest BCUT2D eigenvalue weighted by molar-refractivity contribution is 5.87. The predicted molar refractivity (Wildman–Crippen MR) is 59.6 cm³/mol. The van der Waals surface area contributed by atoms with Gasteiger partial charge in [0.1, 0.15) is 0 Å². The molecular formula is C10H15N5. The van der Waals surface area contributed by atoms with E-state index >= 15 is 0 Å². The van der Waals surface area contributed by atoms with E-state index in [4.69, 9.17) is 5.73 Å². The van der Waals surface area contributed by atoms with E-state index in [0.717, 1.165) is 12.3 Å². The van der Waals surface area contributed by atoms with Gasteiger partial charge in [0.05, 0.1) is 6.04 Å². The van der Waals surface area contributed by atoms with Crippen LogP contribution in [0.4, 0.5) is 0 Å². The van der Waals surface area contributed by atoms with Crippen LogP contribution >= 0.6 is 0 Å². The quantitative estimate of drug-likeness (QED) is 0.640. The molecule has 0 spiro atoms. The molecule has 4 N–H and O–H groups in total. The van der Waals surface area contributed by atoms with Crippen LogP contribution in [0, 0.1) is 0 Å². The molecule has 0 radical (unpaired) electrons. The van der Waals surface area contributed by atoms with E-state index in [1.54, 1.807) is 5.12 Å². The zero-order chi connectivity index (χ0) is 10.7. The van der Waals surface area contributed by atoms with E-state index in [9.17, 15) is 0 Å². The minimum absolute atomic E-state index is 0.107. The maximum atomic E-state index is 6.01. The fourth-order valence-corrected chi connectivity index (χ4v) is 1.48. The second kappa shape index (κ2) is 4.29. The number of hydrazone groups is 1. The molecule has 5 nitrogen and oxygen atoms in total. The molecule has 0 unspecified atom stereocenters. The van der Waals surface area contributed by atoms with Crippen LogP contribution < -0.4 is 16.7 Å². The van der Waals surface area contributed by atoms with E-state index in [-0.39, 0.29) is 6.04 Å². The Balaban J connectivity index is 1.98. The second-order valence-electron chi connectivity index (χ2n) is 3.54. The third-order valence-electron chi connectivity index (χ3n) is 2.25. The lowest BCUT2D eigenvalue weighted by atomic mass is 10.1. The number of hydrazine groups is 2. The Kier molecular flexibility index (Phi) is 2.84. The number of amidine groups is 1. The van der Waals surface area contributed by atoms with E-state index in [0.29, 0.717) is 0 Å². The van der Waals surface area contributed by atoms with Crippen molar-refractivity contribution >= 4 is 5.84 Å². The topological polar surface area (TPSA) is 65.7 Å². The van der Waals surface area contributed by atoms with Gasteiger partial charge in [0, 0.05) is 7.05 Å². The molecule has 1 aliphatic rings. The van der Waals surface area contributed by atoms with E-state index in [1.165, 1.54) is 5.56 Å². The van der Waals surface area contributed by atoms with Crippen molar-refractivity contribution in [2.45, 2.75) is 12.5 Å². The minimum Gasteiger partial charge on any atom is -0.321 e. The standard InChI is InChI=1S/C10H15N5/c1-15-13-10(12-14-15)9(11)7-8-5-3-2-4-6-8/h2-6,9,14H,7,11H2,1H3,(H,12,13)/t9-/m0/s1. The summed E-state index contributed by atoms with van der Waals surface area (Å²) >= 11 is 0. The van der Waals surface area contributed by atoms with Crippen molar-refractivity contribution in [1.82, 2.24) is 16.1 Å². The number of hydrogen-bond donors (Lipinski definition) is 3. The summed E-state index contributed by atoms with van der Waals surface area (Å²) in [6.07, 6.45) is 0.780. The molecule has 0 aliphatic carbocycles. The second-order valence-corrected chi connectivity index (χ2v) is 3.54. The maximum Gasteiger partial charge on any atom is 0.156 e. The van der Waals surface area contributed by atoms with Crippen LogP contribution in [0.1, 0.15) is 5.56 Å². The van der Waals surface area contributed by atoms with Gasteiger partial charge in [-0.2, -0.15) is 0 Å². The molecule has 0 saturated carbocycles. The number of nitrogens with two attached hydrogens (primary N) is 1. The molecule has 1 aromatic carbocycles. The summed E-state index contributed by atoms with van der Waals surface area (Å²) in [6, 6.07) is 10.0. The molecule has 15 heavy (non-hydrogen) atoms. The fraction of sp³-hybridized carbons (Fsp3) is 0.300. The van der Waals surface area contributed by atoms with Gasteiger partial charge in [-0.05, 0) is 12.0 Å². The molecular weight excluding hydrogens is 190 g/mol. The van der Waals surface area contributed by atoms with Gasteiger partial charge < -0.3 is 5.73 Å². The van der Waals surface area contributed by atoms with Crippen LogP contribution in [-0.4, -0.2) is 24.0 Å². The van der Waals surface area contributed by atoms with Gasteiger partial charge in [0.2, 0.25) is 0 Å². The highest BCUT2D eigenvalue weighted by Gasteiger charge is 2.17. The molecule has 0 saturated heterocycles. The largest absolute Gasteiger partial charge is 0.321 e. The van der Waals surface area contributed by atoms with Crippen molar-refractivity contribution < 1.29 is 0 Å². The zero-order valence-corrected chi connectivity index (χ0v) is 8.64. The van der Waals surface area contributed by atoms with Gasteiger partial charge in [0.25, 0.3) is 0 Å². The molecule has 1 heterocycles. The Labute approximate surface area is 88.9 Å². The van der Waals surface area contributed by atoms with Crippen LogP contribution in [-0.2, 0) is 6.42 Å². The molecule has 2 rings (SSSR count). The van der Waals surface area contributed by atoms with Gasteiger partial charge in [-0.15, -0.1) is 10.6 Å². The van der Waals surface area contributed by atoms with Crippen molar-refractivity contribution in [3.05, 3.63) is 35.9 Å². The first-order chi connectivity index (χ1) is 7.25. The molecule has 0 aromatic heterocycles. The summed E-state index contributed by atoms with van der Waals surface area (Å²) in [6.45, 7) is 0.